The van der Waals surface area contributed by atoms with Crippen LogP contribution in [0.3, 0.4) is 0 Å². The SMILES string of the molecule is CCCCCCCC(=O)OC(COC)COc1c2ccccc2c(OCC(COC)OC(=O)CCCCCCC)c2ccccc12. The highest BCUT2D eigenvalue weighted by molar-refractivity contribution is 6.11. The summed E-state index contributed by atoms with van der Waals surface area (Å²) < 4.78 is 35.1. The van der Waals surface area contributed by atoms with Gasteiger partial charge in [0.2, 0.25) is 0 Å². The molecule has 0 radical (unpaired) electrons. The van der Waals surface area contributed by atoms with Crippen molar-refractivity contribution in [3.8, 4) is 11.5 Å². The van der Waals surface area contributed by atoms with E-state index in [2.05, 4.69) is 13.8 Å². The molecule has 0 fully saturated rings. The zero-order valence-corrected chi connectivity index (χ0v) is 28.4. The summed E-state index contributed by atoms with van der Waals surface area (Å²) in [6.45, 7) is 5.10. The Morgan fingerprint density at radius 3 is 1.20 bits per heavy atom. The molecule has 0 amide bonds. The van der Waals surface area contributed by atoms with Crippen LogP contribution in [0.15, 0.2) is 48.5 Å². The first-order valence-corrected chi connectivity index (χ1v) is 17.1. The smallest absolute Gasteiger partial charge is 0.306 e. The van der Waals surface area contributed by atoms with Crippen LogP contribution in [0.2, 0.25) is 0 Å². The molecule has 0 N–H and O–H groups in total. The van der Waals surface area contributed by atoms with Crippen molar-refractivity contribution in [1.29, 1.82) is 0 Å². The number of esters is 2. The lowest BCUT2D eigenvalue weighted by molar-refractivity contribution is -0.154. The number of rotatable bonds is 24. The lowest BCUT2D eigenvalue weighted by atomic mass is 10.0. The molecule has 46 heavy (non-hydrogen) atoms. The topological polar surface area (TPSA) is 89.5 Å². The Morgan fingerprint density at radius 1 is 0.522 bits per heavy atom. The molecule has 8 nitrogen and oxygen atoms in total. The van der Waals surface area contributed by atoms with Crippen molar-refractivity contribution in [3.05, 3.63) is 48.5 Å². The first-order valence-electron chi connectivity index (χ1n) is 17.1. The molecule has 0 aliphatic rings. The van der Waals surface area contributed by atoms with Crippen molar-refractivity contribution >= 4 is 33.5 Å². The maximum absolute atomic E-state index is 12.6. The number of hydrogen-bond acceptors (Lipinski definition) is 8. The molecule has 0 aliphatic carbocycles. The summed E-state index contributed by atoms with van der Waals surface area (Å²) in [5.74, 6) is 0.892. The quantitative estimate of drug-likeness (QED) is 0.0548. The van der Waals surface area contributed by atoms with Crippen LogP contribution in [0.4, 0.5) is 0 Å². The molecule has 3 rings (SSSR count). The molecule has 0 aromatic heterocycles. The Hall–Kier alpha value is -3.36. The van der Waals surface area contributed by atoms with E-state index in [1.807, 2.05) is 48.5 Å². The predicted octanol–water partition coefficient (Wildman–Crippen LogP) is 8.59. The van der Waals surface area contributed by atoms with E-state index >= 15 is 0 Å². The van der Waals surface area contributed by atoms with Crippen molar-refractivity contribution in [2.45, 2.75) is 103 Å². The van der Waals surface area contributed by atoms with Crippen LogP contribution in [-0.4, -0.2) is 64.8 Å². The van der Waals surface area contributed by atoms with Gasteiger partial charge < -0.3 is 28.4 Å². The van der Waals surface area contributed by atoms with E-state index < -0.39 is 12.2 Å². The third-order valence-corrected chi connectivity index (χ3v) is 7.93. The molecular weight excluding hydrogens is 584 g/mol. The maximum Gasteiger partial charge on any atom is 0.306 e. The number of fused-ring (bicyclic) bond motifs is 2. The van der Waals surface area contributed by atoms with E-state index in [1.54, 1.807) is 14.2 Å². The van der Waals surface area contributed by atoms with Crippen molar-refractivity contribution in [2.75, 3.05) is 40.6 Å². The van der Waals surface area contributed by atoms with Gasteiger partial charge >= 0.3 is 11.9 Å². The normalized spacial score (nSPS) is 12.6. The van der Waals surface area contributed by atoms with Gasteiger partial charge in [0.1, 0.15) is 24.7 Å². The van der Waals surface area contributed by atoms with Crippen LogP contribution in [-0.2, 0) is 28.5 Å². The third-order valence-electron chi connectivity index (χ3n) is 7.93. The molecule has 3 aromatic rings. The van der Waals surface area contributed by atoms with Crippen LogP contribution in [0, 0.1) is 0 Å². The van der Waals surface area contributed by atoms with Gasteiger partial charge in [-0.25, -0.2) is 0 Å². The van der Waals surface area contributed by atoms with Gasteiger partial charge in [-0.15, -0.1) is 0 Å². The number of unbranched alkanes of at least 4 members (excludes halogenated alkanes) is 8. The first-order chi connectivity index (χ1) is 22.5. The molecule has 254 valence electrons. The average molecular weight is 639 g/mol. The van der Waals surface area contributed by atoms with Gasteiger partial charge in [0.05, 0.1) is 13.2 Å². The molecule has 0 saturated carbocycles. The van der Waals surface area contributed by atoms with Gasteiger partial charge in [-0.05, 0) is 12.8 Å². The fourth-order valence-electron chi connectivity index (χ4n) is 5.55. The number of carbonyl (C=O) groups excluding carboxylic acids is 2. The molecule has 0 bridgehead atoms. The third kappa shape index (κ3) is 12.1. The summed E-state index contributed by atoms with van der Waals surface area (Å²) in [6.07, 6.45) is 10.3. The Kier molecular flexibility index (Phi) is 17.3. The highest BCUT2D eigenvalue weighted by Gasteiger charge is 2.22. The van der Waals surface area contributed by atoms with Crippen LogP contribution >= 0.6 is 0 Å². The number of carbonyl (C=O) groups is 2. The first kappa shape index (κ1) is 37.1. The number of benzene rings is 3. The van der Waals surface area contributed by atoms with E-state index in [9.17, 15) is 9.59 Å². The van der Waals surface area contributed by atoms with E-state index in [-0.39, 0.29) is 38.4 Å². The largest absolute Gasteiger partial charge is 0.488 e. The number of methoxy groups -OCH3 is 2. The summed E-state index contributed by atoms with van der Waals surface area (Å²) >= 11 is 0. The summed E-state index contributed by atoms with van der Waals surface area (Å²) in [5.41, 5.74) is 0. The van der Waals surface area contributed by atoms with Gasteiger partial charge in [-0.2, -0.15) is 0 Å². The van der Waals surface area contributed by atoms with Crippen molar-refractivity contribution in [1.82, 2.24) is 0 Å². The van der Waals surface area contributed by atoms with Crippen LogP contribution < -0.4 is 9.47 Å². The molecule has 8 heteroatoms. The maximum atomic E-state index is 12.6. The number of hydrogen-bond donors (Lipinski definition) is 0. The molecule has 0 aliphatic heterocycles. The predicted molar refractivity (Wildman–Crippen MR) is 183 cm³/mol. The van der Waals surface area contributed by atoms with Gasteiger partial charge in [-0.3, -0.25) is 9.59 Å². The summed E-state index contributed by atoms with van der Waals surface area (Å²) in [7, 11) is 3.18. The number of ether oxygens (including phenoxy) is 6. The lowest BCUT2D eigenvalue weighted by Gasteiger charge is -2.22. The Morgan fingerprint density at radius 2 is 0.870 bits per heavy atom. The minimum atomic E-state index is -0.544. The molecule has 0 saturated heterocycles. The zero-order valence-electron chi connectivity index (χ0n) is 28.4. The van der Waals surface area contributed by atoms with E-state index in [4.69, 9.17) is 28.4 Å². The Balaban J connectivity index is 1.75. The van der Waals surface area contributed by atoms with Gasteiger partial charge in [0.25, 0.3) is 0 Å². The van der Waals surface area contributed by atoms with Crippen molar-refractivity contribution < 1.29 is 38.0 Å². The Bertz CT molecular complexity index is 1170. The molecule has 0 heterocycles. The van der Waals surface area contributed by atoms with Gasteiger partial charge in [-0.1, -0.05) is 114 Å². The van der Waals surface area contributed by atoms with E-state index in [0.29, 0.717) is 24.3 Å². The van der Waals surface area contributed by atoms with Crippen molar-refractivity contribution in [2.24, 2.45) is 0 Å². The second-order valence-corrected chi connectivity index (χ2v) is 11.8. The standard InChI is InChI=1S/C38H54O8/c1-5-7-9-11-13-23-35(39)45-29(25-41-3)27-43-37-31-19-15-17-21-33(31)38(34-22-18-16-20-32(34)37)44-28-30(26-42-4)46-36(40)24-14-12-10-8-6-2/h15-22,29-30H,5-14,23-28H2,1-4H3. The van der Waals surface area contributed by atoms with Crippen molar-refractivity contribution in [3.63, 3.8) is 0 Å². The summed E-state index contributed by atoms with van der Waals surface area (Å²) in [4.78, 5) is 25.2. The van der Waals surface area contributed by atoms with Crippen LogP contribution in [0.1, 0.15) is 90.9 Å². The molecule has 2 unspecified atom stereocenters. The van der Waals surface area contributed by atoms with Gasteiger partial charge in [0.15, 0.2) is 12.2 Å². The summed E-state index contributed by atoms with van der Waals surface area (Å²) in [5, 5.41) is 3.45. The zero-order chi connectivity index (χ0) is 33.0. The minimum Gasteiger partial charge on any atom is -0.488 e. The van der Waals surface area contributed by atoms with Gasteiger partial charge in [0, 0.05) is 48.6 Å². The van der Waals surface area contributed by atoms with E-state index in [0.717, 1.165) is 72.9 Å². The molecular formula is C38H54O8. The van der Waals surface area contributed by atoms with Crippen LogP contribution in [0.25, 0.3) is 21.5 Å². The molecule has 3 aromatic carbocycles. The second-order valence-electron chi connectivity index (χ2n) is 11.8. The second kappa shape index (κ2) is 21.4. The molecule has 2 atom stereocenters. The summed E-state index contributed by atoms with van der Waals surface area (Å²) in [6, 6.07) is 15.8. The highest BCUT2D eigenvalue weighted by atomic mass is 16.6. The Labute approximate surface area is 275 Å². The fraction of sp³-hybridized carbons (Fsp3) is 0.579. The average Bonchev–Trinajstić information content (AvgIpc) is 3.06. The monoisotopic (exact) mass is 638 g/mol. The van der Waals surface area contributed by atoms with Crippen LogP contribution in [0.5, 0.6) is 11.5 Å². The van der Waals surface area contributed by atoms with E-state index in [1.165, 1.54) is 12.8 Å². The minimum absolute atomic E-state index is 0.147. The lowest BCUT2D eigenvalue weighted by Crippen LogP contribution is -2.30. The highest BCUT2D eigenvalue weighted by Crippen LogP contribution is 2.42. The molecule has 0 spiro atoms. The fourth-order valence-corrected chi connectivity index (χ4v) is 5.55.